The molecule has 0 saturated carbocycles. The van der Waals surface area contributed by atoms with Crippen LogP contribution in [0.15, 0.2) is 45.8 Å². The molecule has 0 fully saturated rings. The fourth-order valence-electron chi connectivity index (χ4n) is 1.98. The Balaban J connectivity index is 2.02. The van der Waals surface area contributed by atoms with Crippen molar-refractivity contribution in [2.75, 3.05) is 11.9 Å². The number of halogens is 2. The first-order valence-corrected chi connectivity index (χ1v) is 9.85. The van der Waals surface area contributed by atoms with Crippen LogP contribution in [0.25, 0.3) is 0 Å². The molecule has 10 heteroatoms. The van der Waals surface area contributed by atoms with Crippen LogP contribution in [0.2, 0.25) is 5.02 Å². The lowest BCUT2D eigenvalue weighted by Gasteiger charge is -2.09. The molecule has 0 spiro atoms. The van der Waals surface area contributed by atoms with Crippen molar-refractivity contribution in [3.63, 3.8) is 0 Å². The standard InChI is InChI=1S/C16H14BrClN2O5S/c1-9-6-11(3-4-12(9)17)20-15(21)8-25-16(22)10-2-5-13(18)14(7-10)26(19,23)24/h2-7H,8H2,1H3,(H,20,21)(H2,19,23,24). The van der Waals surface area contributed by atoms with Gasteiger partial charge >= 0.3 is 5.97 Å². The first kappa shape index (κ1) is 20.4. The average Bonchev–Trinajstić information content (AvgIpc) is 2.55. The zero-order valence-electron chi connectivity index (χ0n) is 13.5. The molecular formula is C16H14BrClN2O5S. The van der Waals surface area contributed by atoms with Gasteiger partial charge in [0.25, 0.3) is 5.91 Å². The van der Waals surface area contributed by atoms with Crippen LogP contribution >= 0.6 is 27.5 Å². The number of carbonyl (C=O) groups excluding carboxylic acids is 2. The number of ether oxygens (including phenoxy) is 1. The van der Waals surface area contributed by atoms with E-state index in [1.807, 2.05) is 6.92 Å². The Labute approximate surface area is 163 Å². The van der Waals surface area contributed by atoms with E-state index >= 15 is 0 Å². The molecule has 0 radical (unpaired) electrons. The van der Waals surface area contributed by atoms with E-state index in [1.54, 1.807) is 18.2 Å². The fraction of sp³-hybridized carbons (Fsp3) is 0.125. The van der Waals surface area contributed by atoms with Gasteiger partial charge in [-0.05, 0) is 48.9 Å². The van der Waals surface area contributed by atoms with Crippen molar-refractivity contribution in [2.45, 2.75) is 11.8 Å². The molecule has 7 nitrogen and oxygen atoms in total. The van der Waals surface area contributed by atoms with E-state index in [0.29, 0.717) is 5.69 Å². The summed E-state index contributed by atoms with van der Waals surface area (Å²) in [6.45, 7) is 1.32. The molecule has 0 aliphatic rings. The lowest BCUT2D eigenvalue weighted by Crippen LogP contribution is -2.21. The first-order chi connectivity index (χ1) is 12.1. The molecule has 0 heterocycles. The Bertz CT molecular complexity index is 979. The van der Waals surface area contributed by atoms with Gasteiger partial charge in [0.15, 0.2) is 6.61 Å². The predicted molar refractivity (Wildman–Crippen MR) is 101 cm³/mol. The van der Waals surface area contributed by atoms with E-state index in [2.05, 4.69) is 21.2 Å². The van der Waals surface area contributed by atoms with Crippen LogP contribution in [-0.4, -0.2) is 26.9 Å². The second-order valence-corrected chi connectivity index (χ2v) is 8.07. The summed E-state index contributed by atoms with van der Waals surface area (Å²) in [4.78, 5) is 23.5. The molecule has 26 heavy (non-hydrogen) atoms. The van der Waals surface area contributed by atoms with Gasteiger partial charge in [0.1, 0.15) is 4.90 Å². The molecule has 0 atom stereocenters. The molecule has 0 aliphatic carbocycles. The largest absolute Gasteiger partial charge is 0.452 e. The van der Waals surface area contributed by atoms with Gasteiger partial charge in [-0.15, -0.1) is 0 Å². The van der Waals surface area contributed by atoms with Crippen molar-refractivity contribution in [3.05, 3.63) is 57.0 Å². The van der Waals surface area contributed by atoms with E-state index < -0.39 is 33.4 Å². The number of rotatable bonds is 5. The van der Waals surface area contributed by atoms with Gasteiger partial charge in [-0.25, -0.2) is 18.4 Å². The molecule has 0 aliphatic heterocycles. The lowest BCUT2D eigenvalue weighted by atomic mass is 10.2. The van der Waals surface area contributed by atoms with Gasteiger partial charge in [0.05, 0.1) is 10.6 Å². The maximum atomic E-state index is 12.0. The molecule has 138 valence electrons. The Kier molecular flexibility index (Phi) is 6.40. The molecule has 0 aromatic heterocycles. The van der Waals surface area contributed by atoms with E-state index in [-0.39, 0.29) is 10.6 Å². The van der Waals surface area contributed by atoms with Crippen LogP contribution in [0.5, 0.6) is 0 Å². The Morgan fingerprint density at radius 3 is 2.54 bits per heavy atom. The van der Waals surface area contributed by atoms with Gasteiger partial charge < -0.3 is 10.1 Å². The summed E-state index contributed by atoms with van der Waals surface area (Å²) < 4.78 is 28.6. The molecule has 2 rings (SSSR count). The number of carbonyl (C=O) groups is 2. The summed E-state index contributed by atoms with van der Waals surface area (Å²) in [5.41, 5.74) is 1.39. The molecule has 0 saturated heterocycles. The van der Waals surface area contributed by atoms with Crippen molar-refractivity contribution in [3.8, 4) is 0 Å². The zero-order valence-corrected chi connectivity index (χ0v) is 16.6. The number of nitrogens with two attached hydrogens (primary N) is 1. The number of anilines is 1. The number of amides is 1. The molecular weight excluding hydrogens is 448 g/mol. The third kappa shape index (κ3) is 5.28. The van der Waals surface area contributed by atoms with Gasteiger partial charge in [-0.2, -0.15) is 0 Å². The maximum Gasteiger partial charge on any atom is 0.338 e. The first-order valence-electron chi connectivity index (χ1n) is 7.13. The molecule has 2 aromatic carbocycles. The summed E-state index contributed by atoms with van der Waals surface area (Å²) in [6, 6.07) is 8.70. The van der Waals surface area contributed by atoms with Crippen molar-refractivity contribution in [2.24, 2.45) is 5.14 Å². The summed E-state index contributed by atoms with van der Waals surface area (Å²) in [7, 11) is -4.09. The van der Waals surface area contributed by atoms with Crippen molar-refractivity contribution in [1.29, 1.82) is 0 Å². The second-order valence-electron chi connectivity index (χ2n) is 5.28. The maximum absolute atomic E-state index is 12.0. The normalized spacial score (nSPS) is 11.1. The van der Waals surface area contributed by atoms with Crippen LogP contribution in [0.4, 0.5) is 5.69 Å². The number of esters is 1. The van der Waals surface area contributed by atoms with E-state index in [9.17, 15) is 18.0 Å². The number of benzene rings is 2. The van der Waals surface area contributed by atoms with Gasteiger partial charge in [0, 0.05) is 10.2 Å². The number of primary sulfonamides is 1. The quantitative estimate of drug-likeness (QED) is 0.664. The number of sulfonamides is 1. The van der Waals surface area contributed by atoms with Gasteiger partial charge in [-0.3, -0.25) is 4.79 Å². The minimum atomic E-state index is -4.09. The van der Waals surface area contributed by atoms with Crippen LogP contribution < -0.4 is 10.5 Å². The van der Waals surface area contributed by atoms with E-state index in [0.717, 1.165) is 16.1 Å². The highest BCUT2D eigenvalue weighted by molar-refractivity contribution is 9.10. The minimum absolute atomic E-state index is 0.0919. The number of hydrogen-bond donors (Lipinski definition) is 2. The van der Waals surface area contributed by atoms with Gasteiger partial charge in [-0.1, -0.05) is 27.5 Å². The summed E-state index contributed by atoms with van der Waals surface area (Å²) in [6.07, 6.45) is 0. The zero-order chi connectivity index (χ0) is 19.5. The number of nitrogens with one attached hydrogen (secondary N) is 1. The molecule has 1 amide bonds. The summed E-state index contributed by atoms with van der Waals surface area (Å²) in [5, 5.41) is 7.50. The van der Waals surface area contributed by atoms with Crippen LogP contribution in [-0.2, 0) is 19.6 Å². The summed E-state index contributed by atoms with van der Waals surface area (Å²) >= 11 is 9.10. The van der Waals surface area contributed by atoms with Crippen molar-refractivity contribution >= 4 is 55.1 Å². The molecule has 0 bridgehead atoms. The van der Waals surface area contributed by atoms with Crippen molar-refractivity contribution < 1.29 is 22.7 Å². The topological polar surface area (TPSA) is 116 Å². The number of hydrogen-bond acceptors (Lipinski definition) is 5. The Morgan fingerprint density at radius 2 is 1.92 bits per heavy atom. The molecule has 2 aromatic rings. The summed E-state index contributed by atoms with van der Waals surface area (Å²) in [5.74, 6) is -1.42. The minimum Gasteiger partial charge on any atom is -0.452 e. The smallest absolute Gasteiger partial charge is 0.338 e. The predicted octanol–water partition coefficient (Wildman–Crippen LogP) is 2.85. The van der Waals surface area contributed by atoms with E-state index in [4.69, 9.17) is 21.5 Å². The highest BCUT2D eigenvalue weighted by Crippen LogP contribution is 2.22. The second kappa shape index (κ2) is 8.17. The third-order valence-electron chi connectivity index (χ3n) is 3.25. The van der Waals surface area contributed by atoms with Crippen LogP contribution in [0.1, 0.15) is 15.9 Å². The van der Waals surface area contributed by atoms with E-state index in [1.165, 1.54) is 12.1 Å². The lowest BCUT2D eigenvalue weighted by molar-refractivity contribution is -0.119. The molecule has 3 N–H and O–H groups in total. The van der Waals surface area contributed by atoms with Gasteiger partial charge in [0.2, 0.25) is 10.0 Å². The fourth-order valence-corrected chi connectivity index (χ4v) is 3.30. The third-order valence-corrected chi connectivity index (χ3v) is 5.53. The SMILES string of the molecule is Cc1cc(NC(=O)COC(=O)c2ccc(Cl)c(S(N)(=O)=O)c2)ccc1Br. The van der Waals surface area contributed by atoms with Crippen molar-refractivity contribution in [1.82, 2.24) is 0 Å². The van der Waals surface area contributed by atoms with Crippen LogP contribution in [0, 0.1) is 6.92 Å². The molecule has 0 unspecified atom stereocenters. The number of aryl methyl sites for hydroxylation is 1. The highest BCUT2D eigenvalue weighted by Gasteiger charge is 2.18. The van der Waals surface area contributed by atoms with Crippen LogP contribution in [0.3, 0.4) is 0 Å². The Hall–Kier alpha value is -1.94. The Morgan fingerprint density at radius 1 is 1.23 bits per heavy atom. The highest BCUT2D eigenvalue weighted by atomic mass is 79.9. The average molecular weight is 462 g/mol. The monoisotopic (exact) mass is 460 g/mol.